The molecule has 2 amide bonds. The number of piperidine rings is 1. The summed E-state index contributed by atoms with van der Waals surface area (Å²) in [5, 5.41) is 0.826. The lowest BCUT2D eigenvalue weighted by Gasteiger charge is -2.46. The molecular formula is C27H24F3N3O3. The van der Waals surface area contributed by atoms with Crippen LogP contribution in [0.4, 0.5) is 13.2 Å². The zero-order valence-electron chi connectivity index (χ0n) is 19.5. The Morgan fingerprint density at radius 3 is 2.67 bits per heavy atom. The lowest BCUT2D eigenvalue weighted by molar-refractivity contribution is -0.178. The molecule has 1 atom stereocenters. The molecule has 3 aliphatic rings. The van der Waals surface area contributed by atoms with E-state index in [0.717, 1.165) is 24.3 Å². The summed E-state index contributed by atoms with van der Waals surface area (Å²) in [6, 6.07) is 9.68. The van der Waals surface area contributed by atoms with Crippen LogP contribution in [-0.4, -0.2) is 57.9 Å². The van der Waals surface area contributed by atoms with E-state index in [2.05, 4.69) is 4.98 Å². The third kappa shape index (κ3) is 4.01. The van der Waals surface area contributed by atoms with E-state index in [0.29, 0.717) is 24.0 Å². The molecule has 6 rings (SSSR count). The number of hydrogen-bond donors (Lipinski definition) is 0. The fourth-order valence-electron chi connectivity index (χ4n) is 5.24. The Hall–Kier alpha value is -3.46. The summed E-state index contributed by atoms with van der Waals surface area (Å²) in [6.45, 7) is 0.102. The molecule has 0 radical (unpaired) electrons. The first-order valence-electron chi connectivity index (χ1n) is 12.1. The number of morpholine rings is 1. The molecule has 2 saturated heterocycles. The third-order valence-electron chi connectivity index (χ3n) is 7.45. The molecule has 3 heterocycles. The minimum absolute atomic E-state index is 0.0113. The fourth-order valence-corrected chi connectivity index (χ4v) is 5.24. The summed E-state index contributed by atoms with van der Waals surface area (Å²) < 4.78 is 51.1. The SMILES string of the molecule is O=C1CC2(CCN1Cc1c(F)cc(-c3ccc4cccnc4c3)c(F)c1F)CN(C1CC1)C(=O)CO2. The second-order valence-electron chi connectivity index (χ2n) is 9.89. The van der Waals surface area contributed by atoms with Gasteiger partial charge in [0, 0.05) is 35.3 Å². The van der Waals surface area contributed by atoms with Crippen LogP contribution in [0.1, 0.15) is 31.2 Å². The van der Waals surface area contributed by atoms with E-state index in [9.17, 15) is 9.59 Å². The van der Waals surface area contributed by atoms with Gasteiger partial charge in [-0.05, 0) is 43.0 Å². The predicted molar refractivity (Wildman–Crippen MR) is 125 cm³/mol. The van der Waals surface area contributed by atoms with Gasteiger partial charge in [-0.3, -0.25) is 14.6 Å². The Morgan fingerprint density at radius 2 is 1.89 bits per heavy atom. The number of likely N-dealkylation sites (tertiary alicyclic amines) is 1. The van der Waals surface area contributed by atoms with Crippen molar-refractivity contribution in [2.24, 2.45) is 0 Å². The van der Waals surface area contributed by atoms with Crippen molar-refractivity contribution in [1.29, 1.82) is 0 Å². The van der Waals surface area contributed by atoms with E-state index in [1.165, 1.54) is 4.90 Å². The predicted octanol–water partition coefficient (Wildman–Crippen LogP) is 4.20. The molecule has 1 unspecified atom stereocenters. The van der Waals surface area contributed by atoms with Crippen LogP contribution < -0.4 is 0 Å². The average Bonchev–Trinajstić information content (AvgIpc) is 3.72. The number of ether oxygens (including phenoxy) is 1. The van der Waals surface area contributed by atoms with Gasteiger partial charge in [-0.15, -0.1) is 0 Å². The van der Waals surface area contributed by atoms with Crippen molar-refractivity contribution in [2.45, 2.75) is 43.9 Å². The van der Waals surface area contributed by atoms with Gasteiger partial charge in [-0.1, -0.05) is 18.2 Å². The van der Waals surface area contributed by atoms with Crippen LogP contribution in [0.3, 0.4) is 0 Å². The molecule has 36 heavy (non-hydrogen) atoms. The molecule has 6 nitrogen and oxygen atoms in total. The van der Waals surface area contributed by atoms with Crippen molar-refractivity contribution in [1.82, 2.24) is 14.8 Å². The highest BCUT2D eigenvalue weighted by molar-refractivity contribution is 5.84. The van der Waals surface area contributed by atoms with Crippen LogP contribution >= 0.6 is 0 Å². The normalized spacial score (nSPS) is 22.6. The van der Waals surface area contributed by atoms with Crippen molar-refractivity contribution in [2.75, 3.05) is 19.7 Å². The van der Waals surface area contributed by atoms with Crippen molar-refractivity contribution in [3.8, 4) is 11.1 Å². The number of halogens is 3. The van der Waals surface area contributed by atoms with E-state index >= 15 is 13.2 Å². The Balaban J connectivity index is 1.22. The Bertz CT molecular complexity index is 1390. The van der Waals surface area contributed by atoms with Crippen molar-refractivity contribution in [3.05, 3.63) is 65.6 Å². The van der Waals surface area contributed by atoms with Gasteiger partial charge in [0.1, 0.15) is 12.4 Å². The standard InChI is InChI=1S/C27H24F3N3O3/c28-21-11-19(17-4-3-16-2-1-8-31-22(16)10-17)25(29)26(30)20(21)13-32-9-7-27(12-23(32)34)15-33(18-5-6-18)24(35)14-36-27/h1-4,8,10-11,18H,5-7,9,12-15H2. The Kier molecular flexibility index (Phi) is 5.48. The lowest BCUT2D eigenvalue weighted by Crippen LogP contribution is -2.60. The Morgan fingerprint density at radius 1 is 1.06 bits per heavy atom. The van der Waals surface area contributed by atoms with E-state index in [1.807, 2.05) is 6.07 Å². The largest absolute Gasteiger partial charge is 0.363 e. The molecule has 3 aromatic rings. The van der Waals surface area contributed by atoms with E-state index in [4.69, 9.17) is 4.74 Å². The molecule has 1 saturated carbocycles. The molecule has 1 spiro atoms. The summed E-state index contributed by atoms with van der Waals surface area (Å²) in [4.78, 5) is 32.5. The van der Waals surface area contributed by atoms with Gasteiger partial charge < -0.3 is 14.5 Å². The minimum atomic E-state index is -1.31. The number of benzene rings is 2. The Labute approximate surface area is 205 Å². The van der Waals surface area contributed by atoms with Crippen molar-refractivity contribution < 1.29 is 27.5 Å². The van der Waals surface area contributed by atoms with Gasteiger partial charge in [0.25, 0.3) is 0 Å². The smallest absolute Gasteiger partial charge is 0.248 e. The van der Waals surface area contributed by atoms with Gasteiger partial charge in [-0.2, -0.15) is 0 Å². The van der Waals surface area contributed by atoms with Crippen LogP contribution in [0, 0.1) is 17.5 Å². The van der Waals surface area contributed by atoms with E-state index in [-0.39, 0.29) is 49.5 Å². The molecule has 3 fully saturated rings. The van der Waals surface area contributed by atoms with Gasteiger partial charge in [0.05, 0.1) is 30.6 Å². The lowest BCUT2D eigenvalue weighted by atomic mass is 9.88. The summed E-state index contributed by atoms with van der Waals surface area (Å²) in [6.07, 6.45) is 3.95. The van der Waals surface area contributed by atoms with Gasteiger partial charge >= 0.3 is 0 Å². The van der Waals surface area contributed by atoms with E-state index < -0.39 is 28.6 Å². The average molecular weight is 496 g/mol. The topological polar surface area (TPSA) is 62.7 Å². The summed E-state index contributed by atoms with van der Waals surface area (Å²) in [7, 11) is 0. The second-order valence-corrected chi connectivity index (χ2v) is 9.89. The first-order chi connectivity index (χ1) is 17.3. The number of carbonyl (C=O) groups is 2. The number of aromatic nitrogens is 1. The number of amides is 2. The maximum atomic E-state index is 15.1. The zero-order chi connectivity index (χ0) is 25.0. The number of nitrogens with zero attached hydrogens (tertiary/aromatic N) is 3. The van der Waals surface area contributed by atoms with Crippen molar-refractivity contribution >= 4 is 22.7 Å². The van der Waals surface area contributed by atoms with Crippen molar-refractivity contribution in [3.63, 3.8) is 0 Å². The molecule has 9 heteroatoms. The molecular weight excluding hydrogens is 471 g/mol. The molecule has 186 valence electrons. The number of carbonyl (C=O) groups excluding carboxylic acids is 2. The van der Waals surface area contributed by atoms with Crippen LogP contribution in [0.2, 0.25) is 0 Å². The minimum Gasteiger partial charge on any atom is -0.363 e. The molecule has 1 aromatic heterocycles. The monoisotopic (exact) mass is 495 g/mol. The fraction of sp³-hybridized carbons (Fsp3) is 0.370. The van der Waals surface area contributed by atoms with Gasteiger partial charge in [0.15, 0.2) is 11.6 Å². The summed E-state index contributed by atoms with van der Waals surface area (Å²) in [5.41, 5.74) is -0.577. The first kappa shape index (κ1) is 23.0. The quantitative estimate of drug-likeness (QED) is 0.509. The second kappa shape index (κ2) is 8.58. The number of pyridine rings is 1. The maximum absolute atomic E-state index is 15.1. The van der Waals surface area contributed by atoms with E-state index in [1.54, 1.807) is 35.4 Å². The summed E-state index contributed by atoms with van der Waals surface area (Å²) in [5.74, 6) is -3.80. The molecule has 0 bridgehead atoms. The maximum Gasteiger partial charge on any atom is 0.248 e. The summed E-state index contributed by atoms with van der Waals surface area (Å²) >= 11 is 0. The van der Waals surface area contributed by atoms with Crippen LogP contribution in [0.15, 0.2) is 42.6 Å². The molecule has 2 aromatic carbocycles. The van der Waals surface area contributed by atoms with Crippen LogP contribution in [-0.2, 0) is 20.9 Å². The third-order valence-corrected chi connectivity index (χ3v) is 7.45. The highest BCUT2D eigenvalue weighted by Crippen LogP contribution is 2.37. The highest BCUT2D eigenvalue weighted by Gasteiger charge is 2.48. The number of fused-ring (bicyclic) bond motifs is 1. The van der Waals surface area contributed by atoms with Crippen LogP contribution in [0.5, 0.6) is 0 Å². The molecule has 0 N–H and O–H groups in total. The molecule has 1 aliphatic carbocycles. The number of rotatable bonds is 4. The highest BCUT2D eigenvalue weighted by atomic mass is 19.2. The molecule has 2 aliphatic heterocycles. The number of hydrogen-bond acceptors (Lipinski definition) is 4. The zero-order valence-corrected chi connectivity index (χ0v) is 19.5. The van der Waals surface area contributed by atoms with Crippen LogP contribution in [0.25, 0.3) is 22.0 Å². The van der Waals surface area contributed by atoms with Gasteiger partial charge in [0.2, 0.25) is 11.8 Å². The first-order valence-corrected chi connectivity index (χ1v) is 12.1. The van der Waals surface area contributed by atoms with Gasteiger partial charge in [-0.25, -0.2) is 13.2 Å².